The van der Waals surface area contributed by atoms with Crippen molar-refractivity contribution in [3.05, 3.63) is 58.8 Å². The molecule has 2 aromatic carbocycles. The minimum absolute atomic E-state index is 0.147. The highest BCUT2D eigenvalue weighted by atomic mass is 16.5. The van der Waals surface area contributed by atoms with E-state index in [1.165, 1.54) is 10.9 Å². The monoisotopic (exact) mass is 505 g/mol. The van der Waals surface area contributed by atoms with Crippen LogP contribution in [0.1, 0.15) is 72.6 Å². The van der Waals surface area contributed by atoms with Crippen molar-refractivity contribution in [3.63, 3.8) is 0 Å². The van der Waals surface area contributed by atoms with E-state index in [1.54, 1.807) is 12.1 Å². The second kappa shape index (κ2) is 10.9. The van der Waals surface area contributed by atoms with Crippen LogP contribution in [0.3, 0.4) is 0 Å². The van der Waals surface area contributed by atoms with Crippen LogP contribution in [0.15, 0.2) is 36.4 Å². The lowest BCUT2D eigenvalue weighted by Crippen LogP contribution is -2.39. The molecule has 1 aliphatic heterocycles. The molecule has 3 aromatic rings. The predicted molar refractivity (Wildman–Crippen MR) is 146 cm³/mol. The molecule has 7 heteroatoms. The van der Waals surface area contributed by atoms with Crippen LogP contribution >= 0.6 is 0 Å². The summed E-state index contributed by atoms with van der Waals surface area (Å²) in [6.45, 7) is 8.22. The van der Waals surface area contributed by atoms with E-state index in [2.05, 4.69) is 28.6 Å². The number of carbonyl (C=O) groups excluding carboxylic acids is 1. The molecule has 0 radical (unpaired) electrons. The standard InChI is InChI=1S/C30H39N3O4/c1-19-25-10-11-26(20(2)28(25)32-27(19)17-31-22-12-14-30(3,35)15-13-22)33-29(34)21-6-8-23(9-7-21)37-18-24-5-4-16-36-24/h6-11,22,24,31-32,35H,4-5,12-18H2,1-3H3,(H,33,34)/t22-,24-,30-/m0/s1. The number of aromatic nitrogens is 1. The Balaban J connectivity index is 1.21. The second-order valence-electron chi connectivity index (χ2n) is 11.0. The molecule has 1 saturated carbocycles. The molecule has 1 aliphatic carbocycles. The first-order valence-electron chi connectivity index (χ1n) is 13.5. The molecule has 2 fully saturated rings. The summed E-state index contributed by atoms with van der Waals surface area (Å²) in [5, 5.41) is 18.1. The number of rotatable bonds is 8. The number of aliphatic hydroxyl groups is 1. The average Bonchev–Trinajstić information content (AvgIpc) is 3.52. The van der Waals surface area contributed by atoms with E-state index in [4.69, 9.17) is 9.47 Å². The molecule has 1 aromatic heterocycles. The van der Waals surface area contributed by atoms with E-state index in [-0.39, 0.29) is 12.0 Å². The Hall–Kier alpha value is -2.87. The van der Waals surface area contributed by atoms with Crippen LogP contribution in [0.5, 0.6) is 5.75 Å². The minimum atomic E-state index is -0.520. The predicted octanol–water partition coefficient (Wildman–Crippen LogP) is 5.38. The normalized spacial score (nSPS) is 23.9. The van der Waals surface area contributed by atoms with Crippen LogP contribution in [0.25, 0.3) is 10.9 Å². The third-order valence-corrected chi connectivity index (χ3v) is 8.05. The molecule has 1 saturated heterocycles. The molecule has 5 rings (SSSR count). The molecular formula is C30H39N3O4. The van der Waals surface area contributed by atoms with Crippen LogP contribution in [0.4, 0.5) is 5.69 Å². The van der Waals surface area contributed by atoms with Gasteiger partial charge in [-0.25, -0.2) is 0 Å². The molecule has 4 N–H and O–H groups in total. The van der Waals surface area contributed by atoms with Crippen molar-refractivity contribution < 1.29 is 19.4 Å². The Labute approximate surface area is 218 Å². The fourth-order valence-corrected chi connectivity index (χ4v) is 5.46. The van der Waals surface area contributed by atoms with Crippen molar-refractivity contribution in [3.8, 4) is 5.75 Å². The van der Waals surface area contributed by atoms with Gasteiger partial charge in [-0.05, 0) is 101 Å². The number of fused-ring (bicyclic) bond motifs is 1. The summed E-state index contributed by atoms with van der Waals surface area (Å²) in [5.74, 6) is 0.595. The quantitative estimate of drug-likeness (QED) is 0.330. The first-order chi connectivity index (χ1) is 17.8. The number of nitrogens with one attached hydrogen (secondary N) is 3. The van der Waals surface area contributed by atoms with Gasteiger partial charge in [0.05, 0.1) is 17.2 Å². The van der Waals surface area contributed by atoms with Crippen LogP contribution in [0, 0.1) is 13.8 Å². The van der Waals surface area contributed by atoms with Crippen molar-refractivity contribution in [2.75, 3.05) is 18.5 Å². The molecule has 2 aliphatic rings. The van der Waals surface area contributed by atoms with Crippen LogP contribution < -0.4 is 15.4 Å². The van der Waals surface area contributed by atoms with Crippen molar-refractivity contribution in [1.82, 2.24) is 10.3 Å². The number of aromatic amines is 1. The number of anilines is 1. The Kier molecular flexibility index (Phi) is 7.56. The Morgan fingerprint density at radius 2 is 1.86 bits per heavy atom. The largest absolute Gasteiger partial charge is 0.491 e. The van der Waals surface area contributed by atoms with Crippen molar-refractivity contribution in [1.29, 1.82) is 0 Å². The number of hydrogen-bond donors (Lipinski definition) is 4. The van der Waals surface area contributed by atoms with E-state index in [1.807, 2.05) is 32.0 Å². The average molecular weight is 506 g/mol. The highest BCUT2D eigenvalue weighted by molar-refractivity contribution is 6.06. The molecule has 0 unspecified atom stereocenters. The summed E-state index contributed by atoms with van der Waals surface area (Å²) in [6, 6.07) is 11.7. The van der Waals surface area contributed by atoms with Gasteiger partial charge >= 0.3 is 0 Å². The number of H-pyrrole nitrogens is 1. The van der Waals surface area contributed by atoms with Gasteiger partial charge in [-0.3, -0.25) is 4.79 Å². The van der Waals surface area contributed by atoms with E-state index in [9.17, 15) is 9.90 Å². The fourth-order valence-electron chi connectivity index (χ4n) is 5.46. The molecule has 37 heavy (non-hydrogen) atoms. The second-order valence-corrected chi connectivity index (χ2v) is 11.0. The molecule has 0 spiro atoms. The third kappa shape index (κ3) is 6.00. The van der Waals surface area contributed by atoms with E-state index in [0.29, 0.717) is 18.2 Å². The number of benzene rings is 2. The SMILES string of the molecule is Cc1c(CN[C@H]2CC[C@](C)(O)CC2)[nH]c2c(C)c(NC(=O)c3ccc(OC[C@@H]4CCCO4)cc3)ccc12. The van der Waals surface area contributed by atoms with Gasteiger partial charge in [0.2, 0.25) is 0 Å². The molecule has 1 amide bonds. The molecule has 2 heterocycles. The summed E-state index contributed by atoms with van der Waals surface area (Å²) < 4.78 is 11.4. The van der Waals surface area contributed by atoms with Crippen LogP contribution in [0.2, 0.25) is 0 Å². The van der Waals surface area contributed by atoms with Gasteiger partial charge in [0.15, 0.2) is 0 Å². The van der Waals surface area contributed by atoms with Crippen molar-refractivity contribution >= 4 is 22.5 Å². The fraction of sp³-hybridized carbons (Fsp3) is 0.500. The Bertz CT molecular complexity index is 1230. The van der Waals surface area contributed by atoms with Crippen LogP contribution in [-0.4, -0.2) is 47.0 Å². The number of hydrogen-bond acceptors (Lipinski definition) is 5. The Morgan fingerprint density at radius 1 is 1.11 bits per heavy atom. The lowest BCUT2D eigenvalue weighted by atomic mass is 9.83. The van der Waals surface area contributed by atoms with Gasteiger partial charge in [-0.2, -0.15) is 0 Å². The van der Waals surface area contributed by atoms with E-state index < -0.39 is 5.60 Å². The van der Waals surface area contributed by atoms with Crippen LogP contribution in [-0.2, 0) is 11.3 Å². The summed E-state index contributed by atoms with van der Waals surface area (Å²) in [6.07, 6.45) is 5.94. The first kappa shape index (κ1) is 25.8. The number of ether oxygens (including phenoxy) is 2. The number of amides is 1. The summed E-state index contributed by atoms with van der Waals surface area (Å²) >= 11 is 0. The maximum absolute atomic E-state index is 13.0. The zero-order chi connectivity index (χ0) is 26.0. The van der Waals surface area contributed by atoms with Gasteiger partial charge < -0.3 is 30.2 Å². The van der Waals surface area contributed by atoms with Gasteiger partial charge in [0, 0.05) is 41.5 Å². The molecule has 0 bridgehead atoms. The highest BCUT2D eigenvalue weighted by Gasteiger charge is 2.28. The van der Waals surface area contributed by atoms with Gasteiger partial charge in [0.1, 0.15) is 12.4 Å². The molecule has 198 valence electrons. The maximum Gasteiger partial charge on any atom is 0.255 e. The van der Waals surface area contributed by atoms with Crippen molar-refractivity contribution in [2.24, 2.45) is 0 Å². The lowest BCUT2D eigenvalue weighted by Gasteiger charge is -2.33. The maximum atomic E-state index is 13.0. The first-order valence-corrected chi connectivity index (χ1v) is 13.5. The van der Waals surface area contributed by atoms with E-state index in [0.717, 1.165) is 79.9 Å². The van der Waals surface area contributed by atoms with Gasteiger partial charge in [-0.15, -0.1) is 0 Å². The highest BCUT2D eigenvalue weighted by Crippen LogP contribution is 2.31. The molecule has 7 nitrogen and oxygen atoms in total. The third-order valence-electron chi connectivity index (χ3n) is 8.05. The zero-order valence-corrected chi connectivity index (χ0v) is 22.2. The molecule has 1 atom stereocenters. The smallest absolute Gasteiger partial charge is 0.255 e. The number of carbonyl (C=O) groups is 1. The topological polar surface area (TPSA) is 95.6 Å². The number of aryl methyl sites for hydroxylation is 2. The van der Waals surface area contributed by atoms with E-state index >= 15 is 0 Å². The summed E-state index contributed by atoms with van der Waals surface area (Å²) in [7, 11) is 0. The van der Waals surface area contributed by atoms with Gasteiger partial charge in [0.25, 0.3) is 5.91 Å². The lowest BCUT2D eigenvalue weighted by molar-refractivity contribution is 0.0140. The minimum Gasteiger partial charge on any atom is -0.491 e. The zero-order valence-electron chi connectivity index (χ0n) is 22.2. The van der Waals surface area contributed by atoms with Gasteiger partial charge in [-0.1, -0.05) is 6.07 Å². The summed E-state index contributed by atoms with van der Waals surface area (Å²) in [4.78, 5) is 16.6. The Morgan fingerprint density at radius 3 is 2.57 bits per heavy atom. The van der Waals surface area contributed by atoms with Crippen molar-refractivity contribution in [2.45, 2.75) is 83.6 Å². The molecular weight excluding hydrogens is 466 g/mol. The summed E-state index contributed by atoms with van der Waals surface area (Å²) in [5.41, 5.74) is 5.33.